The second kappa shape index (κ2) is 8.38. The molecule has 0 saturated carbocycles. The molecule has 1 heterocycles. The van der Waals surface area contributed by atoms with Gasteiger partial charge in [-0.05, 0) is 38.8 Å². The minimum atomic E-state index is -4.43. The number of amides is 1. The molecular formula is C19H25F3N2O4. The number of benzene rings is 1. The van der Waals surface area contributed by atoms with Crippen LogP contribution in [0.15, 0.2) is 24.3 Å². The van der Waals surface area contributed by atoms with E-state index in [1.807, 2.05) is 0 Å². The third kappa shape index (κ3) is 6.12. The summed E-state index contributed by atoms with van der Waals surface area (Å²) in [4.78, 5) is 25.2. The average molecular weight is 402 g/mol. The highest BCUT2D eigenvalue weighted by atomic mass is 19.4. The molecule has 0 spiro atoms. The number of likely N-dealkylation sites (tertiary alicyclic amines) is 1. The monoisotopic (exact) mass is 402 g/mol. The minimum absolute atomic E-state index is 0.0233. The Balaban J connectivity index is 2.01. The van der Waals surface area contributed by atoms with E-state index >= 15 is 0 Å². The summed E-state index contributed by atoms with van der Waals surface area (Å²) in [5.74, 6) is -1.96. The summed E-state index contributed by atoms with van der Waals surface area (Å²) in [5, 5.41) is 12.5. The maximum atomic E-state index is 12.8. The summed E-state index contributed by atoms with van der Waals surface area (Å²) >= 11 is 0. The van der Waals surface area contributed by atoms with Gasteiger partial charge in [0.2, 0.25) is 0 Å². The number of carbonyl (C=O) groups is 2. The summed E-state index contributed by atoms with van der Waals surface area (Å²) in [6.07, 6.45) is -4.65. The molecule has 0 unspecified atom stereocenters. The first kappa shape index (κ1) is 22.0. The maximum absolute atomic E-state index is 12.8. The highest BCUT2D eigenvalue weighted by molar-refractivity contribution is 5.74. The van der Waals surface area contributed by atoms with Crippen LogP contribution in [0.25, 0.3) is 0 Å². The summed E-state index contributed by atoms with van der Waals surface area (Å²) in [6.45, 7) is 5.56. The van der Waals surface area contributed by atoms with E-state index in [0.29, 0.717) is 18.5 Å². The number of ether oxygens (including phenoxy) is 1. The van der Waals surface area contributed by atoms with Gasteiger partial charge in [-0.1, -0.05) is 18.2 Å². The number of rotatable bonds is 4. The molecule has 1 aromatic rings. The zero-order chi connectivity index (χ0) is 21.1. The van der Waals surface area contributed by atoms with E-state index in [1.54, 1.807) is 26.8 Å². The van der Waals surface area contributed by atoms with Gasteiger partial charge >= 0.3 is 18.2 Å². The molecule has 1 aromatic carbocycles. The van der Waals surface area contributed by atoms with Crippen molar-refractivity contribution in [3.63, 3.8) is 0 Å². The van der Waals surface area contributed by atoms with Gasteiger partial charge in [0.05, 0.1) is 11.5 Å². The van der Waals surface area contributed by atoms with Crippen molar-refractivity contribution in [2.24, 2.45) is 5.92 Å². The molecule has 2 atom stereocenters. The number of halogens is 3. The Kier molecular flexibility index (Phi) is 6.59. The lowest BCUT2D eigenvalue weighted by atomic mass is 9.92. The number of carbonyl (C=O) groups excluding carboxylic acids is 1. The summed E-state index contributed by atoms with van der Waals surface area (Å²) in [7, 11) is 0. The van der Waals surface area contributed by atoms with Gasteiger partial charge in [0.25, 0.3) is 0 Å². The van der Waals surface area contributed by atoms with Crippen molar-refractivity contribution in [2.75, 3.05) is 13.1 Å². The normalized spacial score (nSPS) is 20.7. The molecule has 1 fully saturated rings. The molecular weight excluding hydrogens is 377 g/mol. The standard InChI is InChI=1S/C19H25F3N2O4/c1-18(2,3)28-17(27)24-8-7-15(14(11-24)16(25)26)23-10-12-5-4-6-13(9-12)19(20,21)22/h4-6,9,14-15,23H,7-8,10-11H2,1-3H3,(H,25,26)/t14-,15+/m0/s1. The summed E-state index contributed by atoms with van der Waals surface area (Å²) in [5.41, 5.74) is -1.02. The van der Waals surface area contributed by atoms with Crippen LogP contribution in [0, 0.1) is 5.92 Å². The molecule has 2 rings (SSSR count). The molecule has 1 amide bonds. The number of alkyl halides is 3. The molecule has 1 saturated heterocycles. The largest absolute Gasteiger partial charge is 0.481 e. The minimum Gasteiger partial charge on any atom is -0.481 e. The number of nitrogens with zero attached hydrogens (tertiary/aromatic N) is 1. The second-order valence-corrected chi connectivity index (χ2v) is 7.85. The SMILES string of the molecule is CC(C)(C)OC(=O)N1CC[C@@H](NCc2cccc(C(F)(F)F)c2)[C@@H](C(=O)O)C1. The van der Waals surface area contributed by atoms with Crippen LogP contribution in [-0.2, 0) is 22.3 Å². The van der Waals surface area contributed by atoms with Crippen LogP contribution in [0.5, 0.6) is 0 Å². The Labute approximate surface area is 161 Å². The molecule has 0 radical (unpaired) electrons. The van der Waals surface area contributed by atoms with Crippen LogP contribution >= 0.6 is 0 Å². The average Bonchev–Trinajstić information content (AvgIpc) is 2.57. The number of nitrogens with one attached hydrogen (secondary N) is 1. The smallest absolute Gasteiger partial charge is 0.416 e. The van der Waals surface area contributed by atoms with E-state index in [0.717, 1.165) is 12.1 Å². The van der Waals surface area contributed by atoms with E-state index in [9.17, 15) is 27.9 Å². The molecule has 0 aromatic heterocycles. The highest BCUT2D eigenvalue weighted by Crippen LogP contribution is 2.29. The Morgan fingerprint density at radius 2 is 1.96 bits per heavy atom. The van der Waals surface area contributed by atoms with Crippen molar-refractivity contribution in [3.8, 4) is 0 Å². The molecule has 28 heavy (non-hydrogen) atoms. The van der Waals surface area contributed by atoms with Gasteiger partial charge < -0.3 is 20.1 Å². The Morgan fingerprint density at radius 3 is 2.54 bits per heavy atom. The zero-order valence-corrected chi connectivity index (χ0v) is 16.0. The van der Waals surface area contributed by atoms with E-state index in [1.165, 1.54) is 11.0 Å². The van der Waals surface area contributed by atoms with Crippen LogP contribution in [0.3, 0.4) is 0 Å². The quantitative estimate of drug-likeness (QED) is 0.806. The van der Waals surface area contributed by atoms with E-state index in [4.69, 9.17) is 4.74 Å². The van der Waals surface area contributed by atoms with E-state index in [-0.39, 0.29) is 13.1 Å². The lowest BCUT2D eigenvalue weighted by molar-refractivity contribution is -0.144. The molecule has 1 aliphatic heterocycles. The third-order valence-corrected chi connectivity index (χ3v) is 4.40. The third-order valence-electron chi connectivity index (χ3n) is 4.40. The van der Waals surface area contributed by atoms with Gasteiger partial charge in [0, 0.05) is 25.7 Å². The topological polar surface area (TPSA) is 78.9 Å². The first-order valence-electron chi connectivity index (χ1n) is 8.97. The Hall–Kier alpha value is -2.29. The van der Waals surface area contributed by atoms with Crippen LogP contribution in [0.1, 0.15) is 38.3 Å². The van der Waals surface area contributed by atoms with Gasteiger partial charge in [-0.25, -0.2) is 4.79 Å². The number of aliphatic carboxylic acids is 1. The van der Waals surface area contributed by atoms with Gasteiger partial charge in [-0.3, -0.25) is 4.79 Å². The van der Waals surface area contributed by atoms with Crippen molar-refractivity contribution in [1.29, 1.82) is 0 Å². The number of piperidine rings is 1. The number of hydrogen-bond donors (Lipinski definition) is 2. The number of carboxylic acid groups (broad SMARTS) is 1. The molecule has 6 nitrogen and oxygen atoms in total. The highest BCUT2D eigenvalue weighted by Gasteiger charge is 2.37. The second-order valence-electron chi connectivity index (χ2n) is 7.85. The van der Waals surface area contributed by atoms with Crippen LogP contribution in [0.2, 0.25) is 0 Å². The van der Waals surface area contributed by atoms with Crippen LogP contribution in [0.4, 0.5) is 18.0 Å². The van der Waals surface area contributed by atoms with Crippen molar-refractivity contribution in [2.45, 2.75) is 51.6 Å². The van der Waals surface area contributed by atoms with Gasteiger partial charge in [-0.15, -0.1) is 0 Å². The molecule has 2 N–H and O–H groups in total. The Morgan fingerprint density at radius 1 is 1.29 bits per heavy atom. The number of hydrogen-bond acceptors (Lipinski definition) is 4. The maximum Gasteiger partial charge on any atom is 0.416 e. The van der Waals surface area contributed by atoms with Crippen LogP contribution in [-0.4, -0.2) is 46.8 Å². The van der Waals surface area contributed by atoms with Crippen LogP contribution < -0.4 is 5.32 Å². The van der Waals surface area contributed by atoms with Gasteiger partial charge in [-0.2, -0.15) is 13.2 Å². The summed E-state index contributed by atoms with van der Waals surface area (Å²) in [6, 6.07) is 4.43. The molecule has 0 aliphatic carbocycles. The van der Waals surface area contributed by atoms with Crippen molar-refractivity contribution < 1.29 is 32.6 Å². The lowest BCUT2D eigenvalue weighted by Crippen LogP contribution is -2.54. The van der Waals surface area contributed by atoms with Crippen molar-refractivity contribution in [3.05, 3.63) is 35.4 Å². The lowest BCUT2D eigenvalue weighted by Gasteiger charge is -2.37. The van der Waals surface area contributed by atoms with E-state index < -0.39 is 41.4 Å². The first-order chi connectivity index (χ1) is 12.9. The number of carboxylic acids is 1. The van der Waals surface area contributed by atoms with Gasteiger partial charge in [0.15, 0.2) is 0 Å². The molecule has 1 aliphatic rings. The fourth-order valence-corrected chi connectivity index (χ4v) is 3.05. The molecule has 0 bridgehead atoms. The fraction of sp³-hybridized carbons (Fsp3) is 0.579. The fourth-order valence-electron chi connectivity index (χ4n) is 3.05. The van der Waals surface area contributed by atoms with E-state index in [2.05, 4.69) is 5.32 Å². The Bertz CT molecular complexity index is 716. The van der Waals surface area contributed by atoms with Gasteiger partial charge in [0.1, 0.15) is 5.60 Å². The molecule has 156 valence electrons. The first-order valence-corrected chi connectivity index (χ1v) is 8.97. The predicted molar refractivity (Wildman–Crippen MR) is 95.6 cm³/mol. The molecule has 9 heteroatoms. The van der Waals surface area contributed by atoms with Crippen molar-refractivity contribution in [1.82, 2.24) is 10.2 Å². The van der Waals surface area contributed by atoms with Crippen molar-refractivity contribution >= 4 is 12.1 Å². The summed E-state index contributed by atoms with van der Waals surface area (Å²) < 4.78 is 43.7. The predicted octanol–water partition coefficient (Wildman–Crippen LogP) is 3.51. The zero-order valence-electron chi connectivity index (χ0n) is 16.0.